The number of rotatable bonds is 26. The van der Waals surface area contributed by atoms with Crippen molar-refractivity contribution in [2.75, 3.05) is 13.1 Å². The van der Waals surface area contributed by atoms with Gasteiger partial charge in [-0.25, -0.2) is 9.59 Å². The Morgan fingerprint density at radius 3 is 0.962 bits per heavy atom. The van der Waals surface area contributed by atoms with E-state index < -0.39 is 35.7 Å². The number of carboxylic acids is 4. The molecule has 0 saturated heterocycles. The van der Waals surface area contributed by atoms with E-state index in [1.807, 2.05) is 0 Å². The summed E-state index contributed by atoms with van der Waals surface area (Å²) in [5.41, 5.74) is 0. The number of carboxylic acid groups (broad SMARTS) is 4. The Labute approximate surface area is 409 Å². The number of carbonyl (C=O) groups excluding carboxylic acids is 4. The van der Waals surface area contributed by atoms with Crippen LogP contribution in [-0.4, -0.2) is 204 Å². The van der Waals surface area contributed by atoms with Crippen LogP contribution in [0.15, 0.2) is 48.6 Å². The minimum absolute atomic E-state index is 0. The zero-order chi connectivity index (χ0) is 37.3. The Morgan fingerprint density at radius 1 is 0.472 bits per heavy atom. The maximum atomic E-state index is 11.3. The summed E-state index contributed by atoms with van der Waals surface area (Å²) in [5, 5.41) is 35.1. The van der Waals surface area contributed by atoms with E-state index in [9.17, 15) is 38.4 Å². The predicted octanol–water partition coefficient (Wildman–Crippen LogP) is 4.28. The summed E-state index contributed by atoms with van der Waals surface area (Å²) in [6.07, 6.45) is 23.0. The number of aliphatic carboxylic acids is 4. The van der Waals surface area contributed by atoms with Gasteiger partial charge in [-0.15, -0.1) is 0 Å². The second-order valence-electron chi connectivity index (χ2n) is 12.1. The maximum Gasteiger partial charge on any atom is 2.00 e. The van der Waals surface area contributed by atoms with E-state index in [4.69, 9.17) is 20.4 Å². The second-order valence-corrected chi connectivity index (χ2v) is 12.1. The van der Waals surface area contributed by atoms with Gasteiger partial charge in [-0.3, -0.25) is 38.6 Å². The Bertz CT molecular complexity index is 1210. The van der Waals surface area contributed by atoms with Crippen LogP contribution in [0.2, 0.25) is 0 Å². The van der Waals surface area contributed by atoms with Gasteiger partial charge in [0.2, 0.25) is 0 Å². The van der Waals surface area contributed by atoms with Crippen molar-refractivity contribution in [3.63, 3.8) is 0 Å². The second kappa shape index (κ2) is 34.2. The first kappa shape index (κ1) is 56.2. The van der Waals surface area contributed by atoms with Gasteiger partial charge in [0.1, 0.15) is 0 Å². The van der Waals surface area contributed by atoms with Crippen molar-refractivity contribution < 1.29 is 67.3 Å². The van der Waals surface area contributed by atoms with Crippen LogP contribution in [0.25, 0.3) is 0 Å². The molecule has 17 heteroatoms. The summed E-state index contributed by atoms with van der Waals surface area (Å²) >= 11 is 0. The number of hydrogen-bond acceptors (Lipinski definition) is 8. The summed E-state index contributed by atoms with van der Waals surface area (Å²) in [6.45, 7) is 0.918. The molecule has 2 atom stereocenters. The zero-order valence-corrected chi connectivity index (χ0v) is 37.2. The molecule has 0 fully saturated rings. The molecule has 0 bridgehead atoms. The topological polar surface area (TPSA) is 224 Å². The van der Waals surface area contributed by atoms with Crippen LogP contribution in [0.3, 0.4) is 0 Å². The van der Waals surface area contributed by atoms with Gasteiger partial charge in [0, 0.05) is 49.5 Å². The number of amides is 4. The SMILES string of the molecule is O=C(O)C=CC(CCCCCCCCCN1C(=O)C=CC1=O)C(=O)O.O=C(O)C=CC(CCCCCCCCCN1C(=O)C=CC1=O)C(=O)O.[Ca+2].[Ca+2].[Ca+2].[H-].[H-].[H-].[H-].[H-].[H-]. The van der Waals surface area contributed by atoms with Crippen LogP contribution in [0.5, 0.6) is 0 Å². The number of unbranched alkanes of at least 4 members (excludes halogenated alkanes) is 12. The Hall–Kier alpha value is -1.10. The van der Waals surface area contributed by atoms with Gasteiger partial charge in [-0.2, -0.15) is 0 Å². The summed E-state index contributed by atoms with van der Waals surface area (Å²) in [6, 6.07) is 0. The normalized spacial score (nSPS) is 14.4. The fraction of sp³-hybridized carbons (Fsp3) is 0.556. The average Bonchev–Trinajstić information content (AvgIpc) is 3.55. The summed E-state index contributed by atoms with van der Waals surface area (Å²) < 4.78 is 0. The minimum atomic E-state index is -1.14. The Morgan fingerprint density at radius 2 is 0.717 bits per heavy atom. The third-order valence-electron chi connectivity index (χ3n) is 8.17. The molecule has 0 aromatic rings. The molecule has 0 saturated carbocycles. The minimum Gasteiger partial charge on any atom is -1.00 e. The van der Waals surface area contributed by atoms with Crippen LogP contribution in [0.1, 0.15) is 111 Å². The van der Waals surface area contributed by atoms with Crippen LogP contribution >= 0.6 is 0 Å². The molecule has 53 heavy (non-hydrogen) atoms. The number of imide groups is 2. The number of carbonyl (C=O) groups is 8. The van der Waals surface area contributed by atoms with Crippen molar-refractivity contribution in [2.45, 2.75) is 103 Å². The fourth-order valence-corrected chi connectivity index (χ4v) is 5.34. The number of nitrogens with zero attached hydrogens (tertiary/aromatic N) is 2. The molecule has 4 N–H and O–H groups in total. The van der Waals surface area contributed by atoms with Gasteiger partial charge in [0.15, 0.2) is 0 Å². The third kappa shape index (κ3) is 27.2. The van der Waals surface area contributed by atoms with Gasteiger partial charge in [-0.1, -0.05) is 89.2 Å². The largest absolute Gasteiger partial charge is 2.00 e. The van der Waals surface area contributed by atoms with Crippen LogP contribution in [-0.2, 0) is 38.4 Å². The summed E-state index contributed by atoms with van der Waals surface area (Å²) in [4.78, 5) is 90.7. The molecule has 2 heterocycles. The molecule has 0 aromatic heterocycles. The van der Waals surface area contributed by atoms with E-state index in [0.717, 1.165) is 102 Å². The molecular weight excluding hydrogens is 773 g/mol. The number of hydrogen-bond donors (Lipinski definition) is 4. The molecule has 2 aliphatic rings. The molecule has 2 unspecified atom stereocenters. The maximum absolute atomic E-state index is 11.3. The van der Waals surface area contributed by atoms with Gasteiger partial charge in [0.05, 0.1) is 11.8 Å². The van der Waals surface area contributed by atoms with E-state index in [1.165, 1.54) is 46.3 Å². The van der Waals surface area contributed by atoms with E-state index >= 15 is 0 Å². The fourth-order valence-electron chi connectivity index (χ4n) is 5.34. The molecule has 0 aromatic carbocycles. The van der Waals surface area contributed by atoms with Gasteiger partial charge >= 0.3 is 137 Å². The van der Waals surface area contributed by atoms with E-state index in [2.05, 4.69) is 0 Å². The Kier molecular flexibility index (Phi) is 36.3. The molecule has 14 nitrogen and oxygen atoms in total. The molecule has 2 aliphatic heterocycles. The van der Waals surface area contributed by atoms with Crippen molar-refractivity contribution in [3.8, 4) is 0 Å². The Balaban J connectivity index is -0.000000105. The average molecular weight is 829 g/mol. The smallest absolute Gasteiger partial charge is 1.00 e. The van der Waals surface area contributed by atoms with Crippen LogP contribution < -0.4 is 0 Å². The van der Waals surface area contributed by atoms with Crippen LogP contribution in [0, 0.1) is 11.8 Å². The van der Waals surface area contributed by atoms with Crippen LogP contribution in [0.4, 0.5) is 0 Å². The van der Waals surface area contributed by atoms with Crippen molar-refractivity contribution >= 4 is 161 Å². The molecule has 4 amide bonds. The van der Waals surface area contributed by atoms with Crippen molar-refractivity contribution in [2.24, 2.45) is 11.8 Å². The van der Waals surface area contributed by atoms with Gasteiger partial charge in [0.25, 0.3) is 23.6 Å². The first-order chi connectivity index (χ1) is 23.8. The predicted molar refractivity (Wildman–Crippen MR) is 205 cm³/mol. The molecule has 0 radical (unpaired) electrons. The zero-order valence-electron chi connectivity index (χ0n) is 36.6. The first-order valence-electron chi connectivity index (χ1n) is 17.2. The van der Waals surface area contributed by atoms with E-state index in [0.29, 0.717) is 25.9 Å². The molecule has 2 rings (SSSR count). The molecular formula is C36H56Ca3N2O12. The standard InChI is InChI=1S/2C18H25NO6.3Ca.6H/c2*20-15-10-11-16(21)19(15)13-7-5-3-1-2-4-6-8-14(18(24)25)9-12-17(22)23;;;;;;;;;/h2*9-12,14H,1-8,13H2,(H,22,23)(H,24,25);;;;;;;;;/q;;3*+2;6*-1. The van der Waals surface area contributed by atoms with Gasteiger partial charge < -0.3 is 29.0 Å². The molecule has 0 aliphatic carbocycles. The van der Waals surface area contributed by atoms with Gasteiger partial charge in [-0.05, 0) is 25.7 Å². The van der Waals surface area contributed by atoms with E-state index in [-0.39, 0.29) is 145 Å². The van der Waals surface area contributed by atoms with Crippen molar-refractivity contribution in [3.05, 3.63) is 48.6 Å². The molecule has 0 spiro atoms. The third-order valence-corrected chi connectivity index (χ3v) is 8.17. The quantitative estimate of drug-likeness (QED) is 0.0415. The summed E-state index contributed by atoms with van der Waals surface area (Å²) in [5.74, 6) is -6.75. The first-order valence-corrected chi connectivity index (χ1v) is 17.2. The van der Waals surface area contributed by atoms with Crippen molar-refractivity contribution in [1.29, 1.82) is 0 Å². The van der Waals surface area contributed by atoms with E-state index in [1.54, 1.807) is 0 Å². The monoisotopic (exact) mass is 828 g/mol. The molecule has 288 valence electrons. The summed E-state index contributed by atoms with van der Waals surface area (Å²) in [7, 11) is 0. The van der Waals surface area contributed by atoms with Crippen molar-refractivity contribution in [1.82, 2.24) is 9.80 Å².